The summed E-state index contributed by atoms with van der Waals surface area (Å²) in [7, 11) is 0. The van der Waals surface area contributed by atoms with Crippen molar-refractivity contribution < 1.29 is 0 Å². The maximum absolute atomic E-state index is 2.43. The quantitative estimate of drug-likeness (QED) is 0.228. The summed E-state index contributed by atoms with van der Waals surface area (Å²) in [6.07, 6.45) is 3.09. The van der Waals surface area contributed by atoms with Gasteiger partial charge in [0.25, 0.3) is 0 Å². The normalized spacial score (nSPS) is 13.8. The Balaban J connectivity index is 1.46. The molecule has 6 aromatic rings. The van der Waals surface area contributed by atoms with Crippen LogP contribution in [-0.2, 0) is 19.3 Å². The van der Waals surface area contributed by atoms with Crippen LogP contribution >= 0.6 is 0 Å². The van der Waals surface area contributed by atoms with E-state index in [0.29, 0.717) is 0 Å². The molecule has 0 heteroatoms. The second-order valence-electron chi connectivity index (χ2n) is 11.6. The second kappa shape index (κ2) is 7.04. The zero-order chi connectivity index (χ0) is 25.2. The third-order valence-corrected chi connectivity index (χ3v) is 9.67. The molecule has 4 aliphatic carbocycles. The minimum absolute atomic E-state index is 0.996. The number of hydrogen-bond acceptors (Lipinski definition) is 0. The van der Waals surface area contributed by atoms with Crippen molar-refractivity contribution in [2.45, 2.75) is 19.3 Å². The molecule has 0 bridgehead atoms. The third-order valence-electron chi connectivity index (χ3n) is 9.67. The summed E-state index contributed by atoms with van der Waals surface area (Å²) in [6, 6.07) is 41.4. The number of benzene rings is 6. The molecule has 0 atom stereocenters. The van der Waals surface area contributed by atoms with Gasteiger partial charge in [0, 0.05) is 0 Å². The summed E-state index contributed by atoms with van der Waals surface area (Å²) in [6.45, 7) is 0. The Labute approximate surface area is 225 Å². The van der Waals surface area contributed by atoms with Crippen molar-refractivity contribution in [1.29, 1.82) is 0 Å². The zero-order valence-electron chi connectivity index (χ0n) is 21.5. The summed E-state index contributed by atoms with van der Waals surface area (Å²) < 4.78 is 0. The van der Waals surface area contributed by atoms with Gasteiger partial charge in [0.1, 0.15) is 0 Å². The Kier molecular flexibility index (Phi) is 3.66. The Morgan fingerprint density at radius 2 is 0.897 bits per heavy atom. The summed E-state index contributed by atoms with van der Waals surface area (Å²) in [5.41, 5.74) is 14.2. The smallest absolute Gasteiger partial charge is 0.000683 e. The lowest BCUT2D eigenvalue weighted by atomic mass is 9.93. The van der Waals surface area contributed by atoms with E-state index in [-0.39, 0.29) is 0 Å². The lowest BCUT2D eigenvalue weighted by Crippen LogP contribution is -1.92. The average Bonchev–Trinajstić information content (AvgIpc) is 3.67. The fourth-order valence-electron chi connectivity index (χ4n) is 8.09. The molecule has 0 saturated heterocycles. The molecule has 180 valence electrons. The SMILES string of the molecule is c1ccc(-c2cccc(-c3ccc4c5c3Cc3ccc6c(c3=5)=c3c(ccc5c3=c3c(cccc3=4)C5)C6)c2)cc1. The van der Waals surface area contributed by atoms with E-state index in [0.717, 1.165) is 19.3 Å². The van der Waals surface area contributed by atoms with Gasteiger partial charge in [-0.15, -0.1) is 0 Å². The topological polar surface area (TPSA) is 0 Å². The van der Waals surface area contributed by atoms with E-state index in [1.165, 1.54) is 97.4 Å². The van der Waals surface area contributed by atoms with Gasteiger partial charge in [-0.25, -0.2) is 0 Å². The van der Waals surface area contributed by atoms with Gasteiger partial charge in [0.2, 0.25) is 0 Å². The molecule has 4 aliphatic rings. The van der Waals surface area contributed by atoms with Crippen molar-refractivity contribution in [3.05, 3.63) is 184 Å². The van der Waals surface area contributed by atoms with Gasteiger partial charge < -0.3 is 0 Å². The van der Waals surface area contributed by atoms with Gasteiger partial charge in [-0.3, -0.25) is 0 Å². The molecule has 0 N–H and O–H groups in total. The van der Waals surface area contributed by atoms with E-state index < -0.39 is 0 Å². The first kappa shape index (κ1) is 20.3. The van der Waals surface area contributed by atoms with Crippen LogP contribution in [0.25, 0.3) is 22.3 Å². The van der Waals surface area contributed by atoms with E-state index in [4.69, 9.17) is 0 Å². The molecular weight excluding hydrogens is 468 g/mol. The van der Waals surface area contributed by atoms with Crippen molar-refractivity contribution >= 4 is 0 Å². The van der Waals surface area contributed by atoms with Crippen LogP contribution in [0.5, 0.6) is 0 Å². The van der Waals surface area contributed by atoms with Gasteiger partial charge in [-0.05, 0) is 123 Å². The Bertz CT molecular complexity index is 2500. The highest BCUT2D eigenvalue weighted by atomic mass is 14.3. The van der Waals surface area contributed by atoms with Gasteiger partial charge in [0.05, 0.1) is 0 Å². The Morgan fingerprint density at radius 1 is 0.333 bits per heavy atom. The van der Waals surface area contributed by atoms with E-state index >= 15 is 0 Å². The molecule has 6 aromatic carbocycles. The van der Waals surface area contributed by atoms with E-state index in [1.54, 1.807) is 0 Å². The highest BCUT2D eigenvalue weighted by Gasteiger charge is 2.24. The molecule has 0 unspecified atom stereocenters. The van der Waals surface area contributed by atoms with E-state index in [1.807, 2.05) is 0 Å². The number of hydrogen-bond donors (Lipinski definition) is 0. The summed E-state index contributed by atoms with van der Waals surface area (Å²) in [4.78, 5) is 0. The van der Waals surface area contributed by atoms with Crippen LogP contribution in [0.2, 0.25) is 0 Å². The van der Waals surface area contributed by atoms with Gasteiger partial charge in [-0.2, -0.15) is 0 Å². The van der Waals surface area contributed by atoms with Crippen LogP contribution in [0.3, 0.4) is 0 Å². The van der Waals surface area contributed by atoms with Crippen LogP contribution < -0.4 is 0 Å². The predicted molar refractivity (Wildman–Crippen MR) is 156 cm³/mol. The van der Waals surface area contributed by atoms with E-state index in [9.17, 15) is 0 Å². The van der Waals surface area contributed by atoms with Gasteiger partial charge >= 0.3 is 0 Å². The predicted octanol–water partition coefficient (Wildman–Crippen LogP) is 8.19. The maximum Gasteiger partial charge on any atom is -0.000683 e. The molecule has 10 rings (SSSR count). The standard InChI is InChI=1S/C39H24/c1-2-6-22(7-3-1)23-8-4-9-24(18-23)30-16-17-32-31-11-5-10-25-19-26-12-13-27-20-28-14-15-29-21-33(30)39(32)38(29)37(28)36(27)35(26)34(25)31/h1-18H,19-21H2. The molecular formula is C39H24. The van der Waals surface area contributed by atoms with Crippen molar-refractivity contribution in [2.24, 2.45) is 0 Å². The van der Waals surface area contributed by atoms with Crippen LogP contribution in [0.1, 0.15) is 33.4 Å². The molecule has 39 heavy (non-hydrogen) atoms. The van der Waals surface area contributed by atoms with Crippen molar-refractivity contribution in [3.63, 3.8) is 0 Å². The first-order chi connectivity index (χ1) is 19.3. The van der Waals surface area contributed by atoms with Crippen LogP contribution in [-0.4, -0.2) is 0 Å². The zero-order valence-corrected chi connectivity index (χ0v) is 21.5. The highest BCUT2D eigenvalue weighted by molar-refractivity contribution is 5.76. The fourth-order valence-corrected chi connectivity index (χ4v) is 8.09. The molecule has 0 nitrogen and oxygen atoms in total. The monoisotopic (exact) mass is 492 g/mol. The summed E-state index contributed by atoms with van der Waals surface area (Å²) in [5.74, 6) is 0. The molecule has 0 spiro atoms. The third kappa shape index (κ3) is 2.50. The first-order valence-electron chi connectivity index (χ1n) is 14.1. The van der Waals surface area contributed by atoms with Crippen molar-refractivity contribution in [2.75, 3.05) is 0 Å². The maximum atomic E-state index is 2.43. The lowest BCUT2D eigenvalue weighted by Gasteiger charge is -2.11. The molecule has 0 saturated carbocycles. The lowest BCUT2D eigenvalue weighted by molar-refractivity contribution is 1.18. The van der Waals surface area contributed by atoms with Crippen molar-refractivity contribution in [3.8, 4) is 22.3 Å². The average molecular weight is 493 g/mol. The summed E-state index contributed by atoms with van der Waals surface area (Å²) >= 11 is 0. The van der Waals surface area contributed by atoms with Crippen LogP contribution in [0.15, 0.2) is 109 Å². The largest absolute Gasteiger partial charge is 0.0622 e. The molecule has 0 amide bonds. The Morgan fingerprint density at radius 3 is 1.67 bits per heavy atom. The minimum atomic E-state index is 0.996. The molecule has 0 heterocycles. The molecule has 0 radical (unpaired) electrons. The highest BCUT2D eigenvalue weighted by Crippen LogP contribution is 2.38. The van der Waals surface area contributed by atoms with Gasteiger partial charge in [0.15, 0.2) is 0 Å². The molecule has 0 aliphatic heterocycles. The molecule has 0 aromatic heterocycles. The minimum Gasteiger partial charge on any atom is -0.0622 e. The van der Waals surface area contributed by atoms with Crippen LogP contribution in [0.4, 0.5) is 0 Å². The second-order valence-corrected chi connectivity index (χ2v) is 11.6. The molecule has 0 fully saturated rings. The van der Waals surface area contributed by atoms with E-state index in [2.05, 4.69) is 109 Å². The van der Waals surface area contributed by atoms with Crippen LogP contribution in [0, 0.1) is 41.7 Å². The van der Waals surface area contributed by atoms with Gasteiger partial charge in [-0.1, -0.05) is 103 Å². The number of rotatable bonds is 2. The summed E-state index contributed by atoms with van der Waals surface area (Å²) in [5, 5.41) is 11.9. The van der Waals surface area contributed by atoms with Crippen molar-refractivity contribution in [1.82, 2.24) is 0 Å². The fraction of sp³-hybridized carbons (Fsp3) is 0.0769. The Hall–Kier alpha value is -4.68. The first-order valence-corrected chi connectivity index (χ1v) is 14.1.